The predicted octanol–water partition coefficient (Wildman–Crippen LogP) is 24.8. The number of hydrogen-bond donors (Lipinski definition) is 3. The minimum Gasteiger partial charge on any atom is -0.466 e. The van der Waals surface area contributed by atoms with Gasteiger partial charge in [-0.25, -0.2) is 0 Å². The Kier molecular flexibility index (Phi) is 71.4. The van der Waals surface area contributed by atoms with Crippen molar-refractivity contribution in [1.82, 2.24) is 5.32 Å². The van der Waals surface area contributed by atoms with E-state index in [4.69, 9.17) is 4.74 Å². The zero-order valence-corrected chi connectivity index (χ0v) is 56.6. The summed E-state index contributed by atoms with van der Waals surface area (Å²) in [5.74, 6) is -0.0468. The Hall–Kier alpha value is -2.18. The molecule has 0 aliphatic heterocycles. The summed E-state index contributed by atoms with van der Waals surface area (Å²) < 4.78 is 5.51. The molecule has 0 radical (unpaired) electrons. The quantitative estimate of drug-likeness (QED) is 0.0320. The van der Waals surface area contributed by atoms with Crippen molar-refractivity contribution in [2.24, 2.45) is 0 Å². The number of unbranched alkanes of at least 4 members (excludes halogenated alkanes) is 54. The van der Waals surface area contributed by atoms with Crippen LogP contribution in [-0.2, 0) is 14.3 Å². The monoisotopic (exact) mass is 1180 g/mol. The average molecular weight is 1180 g/mol. The van der Waals surface area contributed by atoms with E-state index >= 15 is 0 Å². The first-order chi connectivity index (χ1) is 41.5. The summed E-state index contributed by atoms with van der Waals surface area (Å²) in [6.45, 7) is 4.91. The van der Waals surface area contributed by atoms with E-state index in [1.807, 2.05) is 6.08 Å². The van der Waals surface area contributed by atoms with Gasteiger partial charge in [-0.15, -0.1) is 0 Å². The molecule has 0 aliphatic carbocycles. The van der Waals surface area contributed by atoms with E-state index in [0.29, 0.717) is 19.4 Å². The van der Waals surface area contributed by atoms with E-state index in [1.165, 1.54) is 340 Å². The molecule has 3 N–H and O–H groups in total. The molecule has 6 nitrogen and oxygen atoms in total. The van der Waals surface area contributed by atoms with Gasteiger partial charge >= 0.3 is 5.97 Å². The number of rotatable bonds is 71. The first-order valence-corrected chi connectivity index (χ1v) is 37.9. The van der Waals surface area contributed by atoms with E-state index in [9.17, 15) is 19.8 Å². The van der Waals surface area contributed by atoms with Crippen LogP contribution in [0.2, 0.25) is 0 Å². The largest absolute Gasteiger partial charge is 0.466 e. The molecular formula is C78H147NO5. The lowest BCUT2D eigenvalue weighted by Crippen LogP contribution is -2.45. The Balaban J connectivity index is 3.34. The predicted molar refractivity (Wildman–Crippen MR) is 370 cm³/mol. The molecule has 1 amide bonds. The zero-order valence-electron chi connectivity index (χ0n) is 56.6. The lowest BCUT2D eigenvalue weighted by Gasteiger charge is -2.20. The molecule has 0 fully saturated rings. The second-order valence-electron chi connectivity index (χ2n) is 26.0. The molecule has 0 rings (SSSR count). The van der Waals surface area contributed by atoms with Crippen LogP contribution in [0.1, 0.15) is 412 Å². The minimum absolute atomic E-state index is 0.0184. The average Bonchev–Trinajstić information content (AvgIpc) is 3.53. The van der Waals surface area contributed by atoms with Gasteiger partial charge in [0.1, 0.15) is 0 Å². The molecule has 494 valence electrons. The Morgan fingerprint density at radius 3 is 0.917 bits per heavy atom. The Morgan fingerprint density at radius 1 is 0.333 bits per heavy atom. The van der Waals surface area contributed by atoms with Crippen LogP contribution in [0.4, 0.5) is 0 Å². The highest BCUT2D eigenvalue weighted by molar-refractivity contribution is 5.76. The van der Waals surface area contributed by atoms with Gasteiger partial charge in [0.15, 0.2) is 0 Å². The number of esters is 1. The fraction of sp³-hybridized carbons (Fsp3) is 0.872. The van der Waals surface area contributed by atoms with E-state index in [0.717, 1.165) is 44.9 Å². The molecule has 0 aromatic carbocycles. The second-order valence-corrected chi connectivity index (χ2v) is 26.0. The van der Waals surface area contributed by atoms with Crippen molar-refractivity contribution in [2.45, 2.75) is 424 Å². The minimum atomic E-state index is -0.841. The van der Waals surface area contributed by atoms with Gasteiger partial charge in [-0.05, 0) is 89.9 Å². The molecule has 84 heavy (non-hydrogen) atoms. The number of hydrogen-bond acceptors (Lipinski definition) is 5. The summed E-state index contributed by atoms with van der Waals surface area (Å²) in [7, 11) is 0. The molecule has 2 unspecified atom stereocenters. The summed E-state index contributed by atoms with van der Waals surface area (Å²) in [6, 6.07) is -0.625. The maximum Gasteiger partial charge on any atom is 0.305 e. The first-order valence-electron chi connectivity index (χ1n) is 37.9. The number of allylic oxidation sites excluding steroid dienone is 7. The SMILES string of the molecule is CCCCCCCC/C=C\CCCCCCCCCCCC(=O)OCCCCCCCCCCCCCCC/C=C\C/C=C\CCCCCCCCCCCCCCCCCCCC(=O)NC(CO)C(O)/C=C/CCCCCCCCCCC. The first kappa shape index (κ1) is 81.8. The van der Waals surface area contributed by atoms with Gasteiger partial charge in [0.25, 0.3) is 0 Å². The van der Waals surface area contributed by atoms with Gasteiger partial charge in [0.05, 0.1) is 25.4 Å². The highest BCUT2D eigenvalue weighted by Crippen LogP contribution is 2.19. The van der Waals surface area contributed by atoms with Crippen LogP contribution in [0.15, 0.2) is 48.6 Å². The van der Waals surface area contributed by atoms with Crippen molar-refractivity contribution in [3.8, 4) is 0 Å². The Bertz CT molecular complexity index is 1400. The van der Waals surface area contributed by atoms with E-state index in [1.54, 1.807) is 6.08 Å². The topological polar surface area (TPSA) is 95.9 Å². The van der Waals surface area contributed by atoms with E-state index < -0.39 is 12.1 Å². The molecule has 6 heteroatoms. The molecular weight excluding hydrogens is 1030 g/mol. The van der Waals surface area contributed by atoms with Crippen LogP contribution >= 0.6 is 0 Å². The third-order valence-electron chi connectivity index (χ3n) is 17.6. The third-order valence-corrected chi connectivity index (χ3v) is 17.6. The standard InChI is InChI=1S/C78H147NO5/c1-3-5-7-9-11-13-15-16-17-18-38-42-45-48-52-56-60-64-68-72-78(83)84-73-69-65-61-57-53-49-46-43-40-37-35-33-31-29-27-25-23-21-19-20-22-24-26-28-30-32-34-36-39-41-44-47-51-55-59-63-67-71-77(82)79-75(74-80)76(81)70-66-62-58-54-50-14-12-10-8-6-4-2/h16-17,19,21,25,27,66,70,75-76,80-81H,3-15,18,20,22-24,26,28-65,67-69,71-74H2,1-2H3,(H,79,82)/b17-16-,21-19-,27-25-,70-66+. The number of carbonyl (C=O) groups is 2. The summed E-state index contributed by atoms with van der Waals surface area (Å²) >= 11 is 0. The maximum atomic E-state index is 12.4. The van der Waals surface area contributed by atoms with Crippen LogP contribution < -0.4 is 5.32 Å². The van der Waals surface area contributed by atoms with Crippen LogP contribution in [-0.4, -0.2) is 47.4 Å². The zero-order chi connectivity index (χ0) is 60.6. The van der Waals surface area contributed by atoms with E-state index in [-0.39, 0.29) is 18.5 Å². The number of ether oxygens (including phenoxy) is 1. The molecule has 0 saturated heterocycles. The van der Waals surface area contributed by atoms with Gasteiger partial charge in [0, 0.05) is 12.8 Å². The Labute approximate surface area is 525 Å². The second kappa shape index (κ2) is 73.3. The lowest BCUT2D eigenvalue weighted by molar-refractivity contribution is -0.143. The van der Waals surface area contributed by atoms with Crippen molar-refractivity contribution in [3.05, 3.63) is 48.6 Å². The molecule has 0 aliphatic rings. The van der Waals surface area contributed by atoms with Crippen molar-refractivity contribution in [1.29, 1.82) is 0 Å². The highest BCUT2D eigenvalue weighted by atomic mass is 16.5. The van der Waals surface area contributed by atoms with Crippen molar-refractivity contribution < 1.29 is 24.5 Å². The molecule has 0 aromatic rings. The fourth-order valence-corrected chi connectivity index (χ4v) is 11.8. The number of aliphatic hydroxyl groups is 2. The normalized spacial score (nSPS) is 12.8. The lowest BCUT2D eigenvalue weighted by atomic mass is 10.0. The smallest absolute Gasteiger partial charge is 0.305 e. The molecule has 2 atom stereocenters. The molecule has 0 spiro atoms. The van der Waals surface area contributed by atoms with Crippen molar-refractivity contribution in [2.75, 3.05) is 13.2 Å². The highest BCUT2D eigenvalue weighted by Gasteiger charge is 2.18. The van der Waals surface area contributed by atoms with Crippen molar-refractivity contribution >= 4 is 11.9 Å². The van der Waals surface area contributed by atoms with Gasteiger partial charge in [-0.2, -0.15) is 0 Å². The number of carbonyl (C=O) groups excluding carboxylic acids is 2. The van der Waals surface area contributed by atoms with Gasteiger partial charge in [0.2, 0.25) is 5.91 Å². The third kappa shape index (κ3) is 68.9. The summed E-state index contributed by atoms with van der Waals surface area (Å²) in [6.07, 6.45) is 96.6. The van der Waals surface area contributed by atoms with Crippen LogP contribution in [0, 0.1) is 0 Å². The summed E-state index contributed by atoms with van der Waals surface area (Å²) in [5.41, 5.74) is 0. The molecule has 0 heterocycles. The van der Waals surface area contributed by atoms with E-state index in [2.05, 4.69) is 55.6 Å². The van der Waals surface area contributed by atoms with Crippen molar-refractivity contribution in [3.63, 3.8) is 0 Å². The van der Waals surface area contributed by atoms with Crippen LogP contribution in [0.5, 0.6) is 0 Å². The number of aliphatic hydroxyl groups excluding tert-OH is 2. The van der Waals surface area contributed by atoms with Gasteiger partial charge < -0.3 is 20.3 Å². The number of nitrogens with one attached hydrogen (secondary N) is 1. The Morgan fingerprint density at radius 2 is 0.595 bits per heavy atom. The van der Waals surface area contributed by atoms with Crippen LogP contribution in [0.3, 0.4) is 0 Å². The molecule has 0 saturated carbocycles. The summed E-state index contributed by atoms with van der Waals surface area (Å²) in [4.78, 5) is 24.6. The maximum absolute atomic E-state index is 12.4. The fourth-order valence-electron chi connectivity index (χ4n) is 11.8. The molecule has 0 aromatic heterocycles. The number of amides is 1. The van der Waals surface area contributed by atoms with Gasteiger partial charge in [-0.1, -0.05) is 358 Å². The van der Waals surface area contributed by atoms with Crippen LogP contribution in [0.25, 0.3) is 0 Å². The molecule has 0 bridgehead atoms. The summed E-state index contributed by atoms with van der Waals surface area (Å²) in [5, 5.41) is 23.1. The van der Waals surface area contributed by atoms with Gasteiger partial charge in [-0.3, -0.25) is 9.59 Å².